The molecule has 3 rings (SSSR count). The molecule has 0 bridgehead atoms. The molecular weight excluding hydrogens is 338 g/mol. The molecule has 1 aromatic heterocycles. The first kappa shape index (κ1) is 17.5. The van der Waals surface area contributed by atoms with Crippen molar-refractivity contribution in [1.29, 1.82) is 0 Å². The van der Waals surface area contributed by atoms with Gasteiger partial charge in [-0.2, -0.15) is 0 Å². The van der Waals surface area contributed by atoms with Crippen LogP contribution in [-0.2, 0) is 21.2 Å². The molecule has 25 heavy (non-hydrogen) atoms. The normalized spacial score (nSPS) is 19.3. The van der Waals surface area contributed by atoms with E-state index in [1.165, 1.54) is 12.3 Å². The summed E-state index contributed by atoms with van der Waals surface area (Å²) in [4.78, 5) is 14.4. The smallest absolute Gasteiger partial charge is 0.247 e. The Morgan fingerprint density at radius 1 is 1.28 bits per heavy atom. The maximum atomic E-state index is 12.7. The van der Waals surface area contributed by atoms with E-state index in [2.05, 4.69) is 0 Å². The van der Waals surface area contributed by atoms with Gasteiger partial charge < -0.3 is 9.32 Å². The minimum atomic E-state index is -3.07. The van der Waals surface area contributed by atoms with Crippen molar-refractivity contribution in [3.8, 4) is 0 Å². The molecule has 1 aliphatic rings. The summed E-state index contributed by atoms with van der Waals surface area (Å²) in [6.07, 6.45) is 5.07. The number of aryl methyl sites for hydroxylation is 1. The highest BCUT2D eigenvalue weighted by Crippen LogP contribution is 2.21. The summed E-state index contributed by atoms with van der Waals surface area (Å²) in [5.41, 5.74) is 2.12. The van der Waals surface area contributed by atoms with E-state index in [1.54, 1.807) is 23.1 Å². The number of rotatable bonds is 5. The third-order valence-electron chi connectivity index (χ3n) is 4.34. The van der Waals surface area contributed by atoms with Crippen molar-refractivity contribution in [3.05, 3.63) is 65.6 Å². The van der Waals surface area contributed by atoms with Gasteiger partial charge in [-0.05, 0) is 37.1 Å². The van der Waals surface area contributed by atoms with Crippen LogP contribution in [0.3, 0.4) is 0 Å². The van der Waals surface area contributed by atoms with E-state index in [-0.39, 0.29) is 23.5 Å². The molecule has 1 aromatic carbocycles. The fraction of sp³-hybridized carbons (Fsp3) is 0.316. The zero-order chi connectivity index (χ0) is 17.9. The van der Waals surface area contributed by atoms with Gasteiger partial charge in [-0.3, -0.25) is 4.79 Å². The first-order valence-corrected chi connectivity index (χ1v) is 10.0. The summed E-state index contributed by atoms with van der Waals surface area (Å²) < 4.78 is 28.9. The predicted molar refractivity (Wildman–Crippen MR) is 96.5 cm³/mol. The van der Waals surface area contributed by atoms with Crippen molar-refractivity contribution in [2.75, 3.05) is 11.5 Å². The van der Waals surface area contributed by atoms with Gasteiger partial charge in [-0.15, -0.1) is 0 Å². The van der Waals surface area contributed by atoms with Gasteiger partial charge in [0.05, 0.1) is 17.8 Å². The molecule has 132 valence electrons. The average Bonchev–Trinajstić information content (AvgIpc) is 3.21. The lowest BCUT2D eigenvalue weighted by Gasteiger charge is -2.27. The first-order valence-electron chi connectivity index (χ1n) is 8.21. The Morgan fingerprint density at radius 3 is 2.64 bits per heavy atom. The van der Waals surface area contributed by atoms with E-state index >= 15 is 0 Å². The van der Waals surface area contributed by atoms with Crippen LogP contribution in [0.15, 0.2) is 53.2 Å². The molecule has 1 aliphatic heterocycles. The zero-order valence-electron chi connectivity index (χ0n) is 14.1. The molecule has 0 spiro atoms. The van der Waals surface area contributed by atoms with Gasteiger partial charge in [0.25, 0.3) is 0 Å². The number of furan rings is 1. The lowest BCUT2D eigenvalue weighted by molar-refractivity contribution is -0.128. The molecule has 5 nitrogen and oxygen atoms in total. The van der Waals surface area contributed by atoms with E-state index in [0.717, 1.165) is 11.1 Å². The zero-order valence-corrected chi connectivity index (χ0v) is 14.9. The molecule has 1 fully saturated rings. The Morgan fingerprint density at radius 2 is 2.04 bits per heavy atom. The summed E-state index contributed by atoms with van der Waals surface area (Å²) in [5.74, 6) is 0.540. The van der Waals surface area contributed by atoms with Crippen molar-refractivity contribution in [3.63, 3.8) is 0 Å². The monoisotopic (exact) mass is 359 g/mol. The maximum Gasteiger partial charge on any atom is 0.247 e. The van der Waals surface area contributed by atoms with Crippen LogP contribution in [0.2, 0.25) is 0 Å². The van der Waals surface area contributed by atoms with Crippen LogP contribution in [0.4, 0.5) is 0 Å². The fourth-order valence-electron chi connectivity index (χ4n) is 2.93. The molecule has 0 N–H and O–H groups in total. The van der Waals surface area contributed by atoms with Gasteiger partial charge in [0.2, 0.25) is 5.91 Å². The molecule has 1 amide bonds. The van der Waals surface area contributed by atoms with Gasteiger partial charge in [-0.25, -0.2) is 8.42 Å². The van der Waals surface area contributed by atoms with E-state index in [4.69, 9.17) is 4.42 Å². The summed E-state index contributed by atoms with van der Waals surface area (Å²) in [6, 6.07) is 11.1. The van der Waals surface area contributed by atoms with Gasteiger partial charge in [-0.1, -0.05) is 29.8 Å². The minimum Gasteiger partial charge on any atom is -0.465 e. The molecule has 1 atom stereocenters. The number of hydrogen-bond donors (Lipinski definition) is 0. The Balaban J connectivity index is 1.80. The topological polar surface area (TPSA) is 67.6 Å². The van der Waals surface area contributed by atoms with Gasteiger partial charge in [0, 0.05) is 18.7 Å². The summed E-state index contributed by atoms with van der Waals surface area (Å²) in [6.45, 7) is 2.39. The Hall–Kier alpha value is -2.34. The number of nitrogens with zero attached hydrogens (tertiary/aromatic N) is 1. The maximum absolute atomic E-state index is 12.7. The summed E-state index contributed by atoms with van der Waals surface area (Å²) in [7, 11) is -3.07. The van der Waals surface area contributed by atoms with Gasteiger partial charge >= 0.3 is 0 Å². The molecule has 6 heteroatoms. The molecule has 0 radical (unpaired) electrons. The van der Waals surface area contributed by atoms with Crippen molar-refractivity contribution in [1.82, 2.24) is 4.90 Å². The second-order valence-corrected chi connectivity index (χ2v) is 8.59. The summed E-state index contributed by atoms with van der Waals surface area (Å²) >= 11 is 0. The second kappa shape index (κ2) is 7.27. The fourth-order valence-corrected chi connectivity index (χ4v) is 4.66. The van der Waals surface area contributed by atoms with Crippen molar-refractivity contribution in [2.24, 2.45) is 0 Å². The van der Waals surface area contributed by atoms with Crippen LogP contribution in [0.25, 0.3) is 6.08 Å². The third-order valence-corrected chi connectivity index (χ3v) is 6.09. The summed E-state index contributed by atoms with van der Waals surface area (Å²) in [5, 5.41) is 0. The van der Waals surface area contributed by atoms with Crippen LogP contribution >= 0.6 is 0 Å². The number of carbonyl (C=O) groups excluding carboxylic acids is 1. The largest absolute Gasteiger partial charge is 0.465 e. The SMILES string of the molecule is Cc1ccc(CN(C(=O)/C=C\c2ccco2)C2CCS(=O)(=O)C2)cc1. The van der Waals surface area contributed by atoms with Gasteiger partial charge in [0.1, 0.15) is 5.76 Å². The molecule has 2 aromatic rings. The minimum absolute atomic E-state index is 0.0270. The predicted octanol–water partition coefficient (Wildman–Crippen LogP) is 2.82. The third kappa shape index (κ3) is 4.60. The average molecular weight is 359 g/mol. The molecular formula is C19H21NO4S. The number of benzene rings is 1. The Labute approximate surface area is 147 Å². The van der Waals surface area contributed by atoms with Crippen LogP contribution < -0.4 is 0 Å². The van der Waals surface area contributed by atoms with Crippen molar-refractivity contribution in [2.45, 2.75) is 25.9 Å². The van der Waals surface area contributed by atoms with Crippen molar-refractivity contribution < 1.29 is 17.6 Å². The first-order chi connectivity index (χ1) is 11.9. The van der Waals surface area contributed by atoms with E-state index in [1.807, 2.05) is 31.2 Å². The van der Waals surface area contributed by atoms with E-state index in [0.29, 0.717) is 18.7 Å². The van der Waals surface area contributed by atoms with E-state index in [9.17, 15) is 13.2 Å². The van der Waals surface area contributed by atoms with Gasteiger partial charge in [0.15, 0.2) is 9.84 Å². The molecule has 0 saturated carbocycles. The van der Waals surface area contributed by atoms with Crippen LogP contribution in [0.1, 0.15) is 23.3 Å². The number of sulfone groups is 1. The van der Waals surface area contributed by atoms with Crippen molar-refractivity contribution >= 4 is 21.8 Å². The Kier molecular flexibility index (Phi) is 5.08. The number of hydrogen-bond acceptors (Lipinski definition) is 4. The molecule has 1 saturated heterocycles. The highest BCUT2D eigenvalue weighted by Gasteiger charge is 2.34. The van der Waals surface area contributed by atoms with Crippen LogP contribution in [-0.4, -0.2) is 36.8 Å². The highest BCUT2D eigenvalue weighted by atomic mass is 32.2. The number of carbonyl (C=O) groups is 1. The standard InChI is InChI=1S/C19H21NO4S/c1-15-4-6-16(7-5-15)13-20(17-10-12-25(22,23)14-17)19(21)9-8-18-3-2-11-24-18/h2-9,11,17H,10,12-14H2,1H3/b9-8-. The van der Waals surface area contributed by atoms with Crippen LogP contribution in [0.5, 0.6) is 0 Å². The second-order valence-electron chi connectivity index (χ2n) is 6.36. The molecule has 0 aliphatic carbocycles. The number of amides is 1. The lowest BCUT2D eigenvalue weighted by atomic mass is 10.1. The molecule has 1 unspecified atom stereocenters. The highest BCUT2D eigenvalue weighted by molar-refractivity contribution is 7.91. The molecule has 2 heterocycles. The lowest BCUT2D eigenvalue weighted by Crippen LogP contribution is -2.39. The van der Waals surface area contributed by atoms with E-state index < -0.39 is 9.84 Å². The quantitative estimate of drug-likeness (QED) is 0.770. The van der Waals surface area contributed by atoms with Crippen LogP contribution in [0, 0.1) is 6.92 Å². The Bertz CT molecular complexity index is 851.